The van der Waals surface area contributed by atoms with Crippen LogP contribution >= 0.6 is 0 Å². The summed E-state index contributed by atoms with van der Waals surface area (Å²) in [5.74, 6) is 0.0178. The first-order valence-corrected chi connectivity index (χ1v) is 7.56. The normalized spacial score (nSPS) is 32.6. The maximum absolute atomic E-state index is 12.1. The number of ether oxygens (including phenoxy) is 2. The molecule has 0 heterocycles. The smallest absolute Gasteiger partial charge is 0.411 e. The van der Waals surface area contributed by atoms with Crippen molar-refractivity contribution < 1.29 is 19.1 Å². The zero-order chi connectivity index (χ0) is 15.8. The first-order chi connectivity index (χ1) is 9.72. The fraction of sp³-hybridized carbons (Fsp3) is 0.750. The standard InChI is InChI=1S/C16H25NO4/c1-6-20-14(19)17-10(2)13(18)21-12-9-11-7-8-16(12,5)15(11,3)4/h11-12H,2,6-9H2,1,3-5H3,(H,17,19)/t11-,12?,16-/m1/s1. The Balaban J connectivity index is 1.95. The molecule has 2 bridgehead atoms. The number of fused-ring (bicyclic) bond motifs is 2. The summed E-state index contributed by atoms with van der Waals surface area (Å²) in [4.78, 5) is 23.4. The lowest BCUT2D eigenvalue weighted by Crippen LogP contribution is -2.39. The number of carbonyl (C=O) groups excluding carboxylic acids is 2. The van der Waals surface area contributed by atoms with Crippen LogP contribution in [0.1, 0.15) is 47.0 Å². The van der Waals surface area contributed by atoms with Crippen molar-refractivity contribution in [3.05, 3.63) is 12.3 Å². The molecule has 2 fully saturated rings. The summed E-state index contributed by atoms with van der Waals surface area (Å²) in [7, 11) is 0. The maximum atomic E-state index is 12.1. The quantitative estimate of drug-likeness (QED) is 0.639. The van der Waals surface area contributed by atoms with Crippen LogP contribution in [0.25, 0.3) is 0 Å². The van der Waals surface area contributed by atoms with E-state index in [0.29, 0.717) is 5.92 Å². The van der Waals surface area contributed by atoms with E-state index < -0.39 is 12.1 Å². The first-order valence-electron chi connectivity index (χ1n) is 7.56. The summed E-state index contributed by atoms with van der Waals surface area (Å²) in [6.45, 7) is 12.2. The lowest BCUT2D eigenvalue weighted by molar-refractivity contribution is -0.152. The molecular weight excluding hydrogens is 270 g/mol. The maximum Gasteiger partial charge on any atom is 0.411 e. The van der Waals surface area contributed by atoms with Crippen LogP contribution in [0, 0.1) is 16.7 Å². The summed E-state index contributed by atoms with van der Waals surface area (Å²) in [6.07, 6.45) is 2.36. The Hall–Kier alpha value is -1.52. The van der Waals surface area contributed by atoms with Gasteiger partial charge in [0.25, 0.3) is 0 Å². The van der Waals surface area contributed by atoms with Gasteiger partial charge in [-0.3, -0.25) is 5.32 Å². The molecule has 3 atom stereocenters. The van der Waals surface area contributed by atoms with Crippen LogP contribution in [-0.4, -0.2) is 24.8 Å². The number of nitrogens with one attached hydrogen (secondary N) is 1. The van der Waals surface area contributed by atoms with Gasteiger partial charge in [0, 0.05) is 5.41 Å². The van der Waals surface area contributed by atoms with Gasteiger partial charge < -0.3 is 9.47 Å². The lowest BCUT2D eigenvalue weighted by atomic mass is 9.70. The van der Waals surface area contributed by atoms with E-state index >= 15 is 0 Å². The molecule has 2 saturated carbocycles. The van der Waals surface area contributed by atoms with Crippen LogP contribution in [-0.2, 0) is 14.3 Å². The zero-order valence-electron chi connectivity index (χ0n) is 13.3. The molecule has 0 saturated heterocycles. The molecule has 5 nitrogen and oxygen atoms in total. The van der Waals surface area contributed by atoms with E-state index in [4.69, 9.17) is 9.47 Å². The zero-order valence-corrected chi connectivity index (χ0v) is 13.3. The third-order valence-corrected chi connectivity index (χ3v) is 5.74. The fourth-order valence-corrected chi connectivity index (χ4v) is 3.85. The SMILES string of the molecule is C=C(NC(=O)OCC)C(=O)OC1C[C@H]2CC[C@@]1(C)C2(C)C. The number of carbonyl (C=O) groups is 2. The molecule has 0 radical (unpaired) electrons. The molecule has 0 aliphatic heterocycles. The highest BCUT2D eigenvalue weighted by Crippen LogP contribution is 2.66. The van der Waals surface area contributed by atoms with E-state index in [-0.39, 0.29) is 29.2 Å². The molecule has 1 unspecified atom stereocenters. The Labute approximate surface area is 126 Å². The van der Waals surface area contributed by atoms with Crippen molar-refractivity contribution in [3.8, 4) is 0 Å². The Kier molecular flexibility index (Phi) is 4.04. The fourth-order valence-electron chi connectivity index (χ4n) is 3.85. The van der Waals surface area contributed by atoms with Crippen LogP contribution in [0.3, 0.4) is 0 Å². The Morgan fingerprint density at radius 3 is 2.48 bits per heavy atom. The van der Waals surface area contributed by atoms with E-state index in [0.717, 1.165) is 12.8 Å². The summed E-state index contributed by atoms with van der Waals surface area (Å²) < 4.78 is 10.3. The van der Waals surface area contributed by atoms with Gasteiger partial charge >= 0.3 is 12.1 Å². The molecule has 2 rings (SSSR count). The number of rotatable bonds is 4. The Morgan fingerprint density at radius 1 is 1.33 bits per heavy atom. The molecule has 0 spiro atoms. The highest BCUT2D eigenvalue weighted by atomic mass is 16.6. The molecule has 2 aliphatic rings. The lowest BCUT2D eigenvalue weighted by Gasteiger charge is -2.38. The van der Waals surface area contributed by atoms with Crippen molar-refractivity contribution in [1.82, 2.24) is 5.32 Å². The third kappa shape index (κ3) is 2.54. The minimum absolute atomic E-state index is 0.00245. The summed E-state index contributed by atoms with van der Waals surface area (Å²) in [5.41, 5.74) is 0.100. The van der Waals surface area contributed by atoms with E-state index in [1.807, 2.05) is 0 Å². The topological polar surface area (TPSA) is 64.6 Å². The second-order valence-electron chi connectivity index (χ2n) is 6.83. The van der Waals surface area contributed by atoms with Crippen LogP contribution in [0.4, 0.5) is 4.79 Å². The predicted octanol–water partition coefficient (Wildman–Crippen LogP) is 3.00. The number of hydrogen-bond acceptors (Lipinski definition) is 4. The van der Waals surface area contributed by atoms with Crippen LogP contribution in [0.2, 0.25) is 0 Å². The van der Waals surface area contributed by atoms with Gasteiger partial charge in [0.2, 0.25) is 0 Å². The molecule has 0 aromatic heterocycles. The molecule has 0 aromatic rings. The summed E-state index contributed by atoms with van der Waals surface area (Å²) >= 11 is 0. The van der Waals surface area contributed by atoms with Crippen molar-refractivity contribution in [2.24, 2.45) is 16.7 Å². The van der Waals surface area contributed by atoms with Crippen LogP contribution in [0.5, 0.6) is 0 Å². The largest absolute Gasteiger partial charge is 0.457 e. The molecule has 1 amide bonds. The van der Waals surface area contributed by atoms with Gasteiger partial charge in [-0.1, -0.05) is 27.4 Å². The van der Waals surface area contributed by atoms with Crippen LogP contribution < -0.4 is 5.32 Å². The van der Waals surface area contributed by atoms with Crippen molar-refractivity contribution >= 4 is 12.1 Å². The van der Waals surface area contributed by atoms with E-state index in [9.17, 15) is 9.59 Å². The third-order valence-electron chi connectivity index (χ3n) is 5.74. The molecule has 1 N–H and O–H groups in total. The highest BCUT2D eigenvalue weighted by molar-refractivity contribution is 5.91. The van der Waals surface area contributed by atoms with Crippen molar-refractivity contribution in [2.75, 3.05) is 6.61 Å². The molecular formula is C16H25NO4. The van der Waals surface area contributed by atoms with Gasteiger partial charge in [-0.2, -0.15) is 0 Å². The molecule has 2 aliphatic carbocycles. The number of hydrogen-bond donors (Lipinski definition) is 1. The van der Waals surface area contributed by atoms with Gasteiger partial charge in [0.05, 0.1) is 6.61 Å². The summed E-state index contributed by atoms with van der Waals surface area (Å²) in [5, 5.41) is 2.30. The number of amides is 1. The van der Waals surface area contributed by atoms with Gasteiger partial charge in [0.15, 0.2) is 0 Å². The van der Waals surface area contributed by atoms with Crippen molar-refractivity contribution in [2.45, 2.75) is 53.1 Å². The minimum atomic E-state index is -0.682. The number of esters is 1. The van der Waals surface area contributed by atoms with Crippen LogP contribution in [0.15, 0.2) is 12.3 Å². The molecule has 5 heteroatoms. The minimum Gasteiger partial charge on any atom is -0.457 e. The van der Waals surface area contributed by atoms with E-state index in [2.05, 4.69) is 32.7 Å². The average molecular weight is 295 g/mol. The molecule has 118 valence electrons. The van der Waals surface area contributed by atoms with Crippen molar-refractivity contribution in [3.63, 3.8) is 0 Å². The van der Waals surface area contributed by atoms with Gasteiger partial charge in [0.1, 0.15) is 11.8 Å². The predicted molar refractivity (Wildman–Crippen MR) is 78.4 cm³/mol. The molecule has 21 heavy (non-hydrogen) atoms. The monoisotopic (exact) mass is 295 g/mol. The second-order valence-corrected chi connectivity index (χ2v) is 6.83. The average Bonchev–Trinajstić information content (AvgIpc) is 2.72. The second kappa shape index (κ2) is 5.35. The number of alkyl carbamates (subject to hydrolysis) is 1. The summed E-state index contributed by atoms with van der Waals surface area (Å²) in [6, 6.07) is 0. The van der Waals surface area contributed by atoms with E-state index in [1.165, 1.54) is 6.42 Å². The Bertz CT molecular complexity index is 471. The van der Waals surface area contributed by atoms with Gasteiger partial charge in [-0.15, -0.1) is 0 Å². The van der Waals surface area contributed by atoms with Gasteiger partial charge in [-0.25, -0.2) is 9.59 Å². The molecule has 0 aromatic carbocycles. The van der Waals surface area contributed by atoms with Gasteiger partial charge in [-0.05, 0) is 37.5 Å². The van der Waals surface area contributed by atoms with E-state index in [1.54, 1.807) is 6.92 Å². The van der Waals surface area contributed by atoms with Crippen molar-refractivity contribution in [1.29, 1.82) is 0 Å². The highest BCUT2D eigenvalue weighted by Gasteiger charge is 2.62. The Morgan fingerprint density at radius 2 is 2.00 bits per heavy atom. The first kappa shape index (κ1) is 15.9.